The van der Waals surface area contributed by atoms with Crippen LogP contribution in [0.15, 0.2) is 42.6 Å². The first-order valence-electron chi connectivity index (χ1n) is 8.87. The molecule has 1 fully saturated rings. The van der Waals surface area contributed by atoms with Crippen LogP contribution < -0.4 is 15.8 Å². The number of carbonyl (C=O) groups is 1. The van der Waals surface area contributed by atoms with Gasteiger partial charge in [-0.1, -0.05) is 25.4 Å². The van der Waals surface area contributed by atoms with Crippen LogP contribution >= 0.6 is 36.4 Å². The lowest BCUT2D eigenvalue weighted by atomic mass is 9.54. The number of anilines is 1. The molecule has 29 heavy (non-hydrogen) atoms. The summed E-state index contributed by atoms with van der Waals surface area (Å²) in [5, 5.41) is 3.44. The van der Waals surface area contributed by atoms with Crippen molar-refractivity contribution in [2.75, 3.05) is 11.9 Å². The maximum atomic E-state index is 12.7. The summed E-state index contributed by atoms with van der Waals surface area (Å²) >= 11 is 5.81. The van der Waals surface area contributed by atoms with Crippen molar-refractivity contribution in [2.24, 2.45) is 11.1 Å². The Hall–Kier alpha value is -1.57. The number of rotatable bonds is 6. The first-order valence-corrected chi connectivity index (χ1v) is 9.25. The maximum Gasteiger partial charge on any atom is 0.245 e. The Balaban J connectivity index is 0.00000210. The van der Waals surface area contributed by atoms with Crippen molar-refractivity contribution < 1.29 is 14.3 Å². The van der Waals surface area contributed by atoms with Crippen LogP contribution in [0.2, 0.25) is 5.02 Å². The third kappa shape index (κ3) is 5.13. The summed E-state index contributed by atoms with van der Waals surface area (Å²) in [6.07, 6.45) is 2.01. The molecule has 1 heterocycles. The zero-order valence-corrected chi connectivity index (χ0v) is 18.9. The monoisotopic (exact) mass is 461 g/mol. The van der Waals surface area contributed by atoms with Gasteiger partial charge in [0, 0.05) is 36.4 Å². The number of pyridine rings is 1. The van der Waals surface area contributed by atoms with Gasteiger partial charge in [0.25, 0.3) is 0 Å². The van der Waals surface area contributed by atoms with Crippen molar-refractivity contribution in [1.29, 1.82) is 0 Å². The zero-order chi connectivity index (χ0) is 19.7. The summed E-state index contributed by atoms with van der Waals surface area (Å²) in [6, 6.07) is 10.4. The van der Waals surface area contributed by atoms with Crippen LogP contribution in [0.1, 0.15) is 27.2 Å². The van der Waals surface area contributed by atoms with E-state index in [0.29, 0.717) is 35.4 Å². The van der Waals surface area contributed by atoms with Gasteiger partial charge in [-0.2, -0.15) is 0 Å². The van der Waals surface area contributed by atoms with Gasteiger partial charge in [-0.05, 0) is 37.3 Å². The molecular formula is C20H26Cl3N3O3. The average Bonchev–Trinajstić information content (AvgIpc) is 2.64. The fourth-order valence-corrected chi connectivity index (χ4v) is 3.32. The van der Waals surface area contributed by atoms with Crippen LogP contribution in [0.5, 0.6) is 11.6 Å². The van der Waals surface area contributed by atoms with E-state index in [1.54, 1.807) is 36.4 Å². The molecule has 9 heteroatoms. The van der Waals surface area contributed by atoms with Crippen LogP contribution in [-0.2, 0) is 9.53 Å². The Bertz CT molecular complexity index is 816. The second-order valence-corrected chi connectivity index (χ2v) is 7.67. The molecule has 0 radical (unpaired) electrons. The summed E-state index contributed by atoms with van der Waals surface area (Å²) in [7, 11) is 0. The lowest BCUT2D eigenvalue weighted by molar-refractivity contribution is -0.166. The van der Waals surface area contributed by atoms with Crippen LogP contribution in [0.4, 0.5) is 5.69 Å². The third-order valence-corrected chi connectivity index (χ3v) is 5.49. The molecule has 1 saturated carbocycles. The Morgan fingerprint density at radius 3 is 2.41 bits per heavy atom. The first kappa shape index (κ1) is 25.5. The number of ether oxygens (including phenoxy) is 2. The van der Waals surface area contributed by atoms with Gasteiger partial charge in [0.1, 0.15) is 11.3 Å². The number of nitrogens with two attached hydrogens (primary N) is 1. The number of nitrogens with zero attached hydrogens (tertiary/aromatic N) is 1. The molecule has 1 aromatic carbocycles. The van der Waals surface area contributed by atoms with E-state index < -0.39 is 11.0 Å². The van der Waals surface area contributed by atoms with Gasteiger partial charge in [0.15, 0.2) is 0 Å². The number of halogens is 3. The van der Waals surface area contributed by atoms with Crippen LogP contribution in [0.25, 0.3) is 0 Å². The fourth-order valence-electron chi connectivity index (χ4n) is 3.21. The summed E-state index contributed by atoms with van der Waals surface area (Å²) in [5.41, 5.74) is 5.65. The second-order valence-electron chi connectivity index (χ2n) is 7.24. The highest BCUT2D eigenvalue weighted by Gasteiger charge is 2.62. The quantitative estimate of drug-likeness (QED) is 0.641. The molecular weight excluding hydrogens is 437 g/mol. The number of amides is 1. The van der Waals surface area contributed by atoms with Gasteiger partial charge in [-0.25, -0.2) is 4.98 Å². The Morgan fingerprint density at radius 1 is 1.24 bits per heavy atom. The third-order valence-electron chi connectivity index (χ3n) is 5.27. The van der Waals surface area contributed by atoms with Crippen LogP contribution in [-0.4, -0.2) is 29.1 Å². The predicted octanol–water partition coefficient (Wildman–Crippen LogP) is 4.84. The summed E-state index contributed by atoms with van der Waals surface area (Å²) in [4.78, 5) is 16.8. The summed E-state index contributed by atoms with van der Waals surface area (Å²) in [6.45, 7) is 6.48. The van der Waals surface area contributed by atoms with Crippen LogP contribution in [0.3, 0.4) is 0 Å². The normalized spacial score (nSPS) is 21.8. The Morgan fingerprint density at radius 2 is 1.90 bits per heavy atom. The molecule has 0 bridgehead atoms. The Labute approximate surface area is 188 Å². The minimum absolute atomic E-state index is 0. The highest BCUT2D eigenvalue weighted by Crippen LogP contribution is 2.50. The van der Waals surface area contributed by atoms with Crippen molar-refractivity contribution in [2.45, 2.75) is 38.8 Å². The standard InChI is InChI=1S/C20H24ClN3O3.2ClH/c1-4-26-16-11-20(22,19(16,2)3)18(25)24-14-6-8-15(9-7-14)27-17-10-5-13(21)12-23-17;;/h5-10,12,16H,4,11,22H2,1-3H3,(H,24,25);2*1H. The van der Waals surface area contributed by atoms with Gasteiger partial charge < -0.3 is 20.5 Å². The van der Waals surface area contributed by atoms with Crippen molar-refractivity contribution in [3.63, 3.8) is 0 Å². The topological polar surface area (TPSA) is 86.5 Å². The zero-order valence-electron chi connectivity index (χ0n) is 16.5. The molecule has 2 aromatic rings. The van der Waals surface area contributed by atoms with Gasteiger partial charge >= 0.3 is 0 Å². The minimum atomic E-state index is -0.963. The van der Waals surface area contributed by atoms with E-state index in [2.05, 4.69) is 10.3 Å². The summed E-state index contributed by atoms with van der Waals surface area (Å²) < 4.78 is 11.3. The molecule has 2 atom stereocenters. The largest absolute Gasteiger partial charge is 0.439 e. The molecule has 1 aliphatic rings. The van der Waals surface area contributed by atoms with Gasteiger partial charge in [0.2, 0.25) is 11.8 Å². The number of hydrogen-bond donors (Lipinski definition) is 2. The van der Waals surface area contributed by atoms with Crippen molar-refractivity contribution in [1.82, 2.24) is 4.98 Å². The van der Waals surface area contributed by atoms with Crippen LogP contribution in [0, 0.1) is 5.41 Å². The van der Waals surface area contributed by atoms with E-state index in [9.17, 15) is 4.79 Å². The molecule has 0 aliphatic heterocycles. The Kier molecular flexibility index (Phi) is 8.74. The predicted molar refractivity (Wildman–Crippen MR) is 120 cm³/mol. The number of aromatic nitrogens is 1. The van der Waals surface area contributed by atoms with Crippen molar-refractivity contribution >= 4 is 48.0 Å². The van der Waals surface area contributed by atoms with Gasteiger partial charge in [-0.15, -0.1) is 24.8 Å². The highest BCUT2D eigenvalue weighted by atomic mass is 35.5. The maximum absolute atomic E-state index is 12.7. The molecule has 1 amide bonds. The van der Waals surface area contributed by atoms with E-state index >= 15 is 0 Å². The molecule has 2 unspecified atom stereocenters. The lowest BCUT2D eigenvalue weighted by Gasteiger charge is -2.57. The summed E-state index contributed by atoms with van der Waals surface area (Å²) in [5.74, 6) is 0.831. The van der Waals surface area contributed by atoms with Crippen molar-refractivity contribution in [3.05, 3.63) is 47.6 Å². The minimum Gasteiger partial charge on any atom is -0.439 e. The van der Waals surface area contributed by atoms with Gasteiger partial charge in [0.05, 0.1) is 11.1 Å². The number of nitrogens with one attached hydrogen (secondary N) is 1. The molecule has 3 rings (SSSR count). The van der Waals surface area contributed by atoms with E-state index in [-0.39, 0.29) is 36.8 Å². The SMILES string of the molecule is CCOC1CC(N)(C(=O)Nc2ccc(Oc3ccc(Cl)cn3)cc2)C1(C)C.Cl.Cl. The highest BCUT2D eigenvalue weighted by molar-refractivity contribution is 6.30. The second kappa shape index (κ2) is 9.96. The van der Waals surface area contributed by atoms with Crippen molar-refractivity contribution in [3.8, 4) is 11.6 Å². The number of benzene rings is 1. The first-order chi connectivity index (χ1) is 12.8. The van der Waals surface area contributed by atoms with E-state index in [1.165, 1.54) is 6.20 Å². The lowest BCUT2D eigenvalue weighted by Crippen LogP contribution is -2.74. The molecule has 1 aromatic heterocycles. The smallest absolute Gasteiger partial charge is 0.245 e. The molecule has 0 saturated heterocycles. The van der Waals surface area contributed by atoms with Gasteiger partial charge in [-0.3, -0.25) is 4.79 Å². The number of hydrogen-bond acceptors (Lipinski definition) is 5. The van der Waals surface area contributed by atoms with E-state index in [4.69, 9.17) is 26.8 Å². The fraction of sp³-hybridized carbons (Fsp3) is 0.400. The molecule has 6 nitrogen and oxygen atoms in total. The average molecular weight is 463 g/mol. The molecule has 0 spiro atoms. The number of carbonyl (C=O) groups excluding carboxylic acids is 1. The molecule has 160 valence electrons. The molecule has 3 N–H and O–H groups in total. The van der Waals surface area contributed by atoms with E-state index in [0.717, 1.165) is 0 Å². The van der Waals surface area contributed by atoms with E-state index in [1.807, 2.05) is 20.8 Å². The molecule has 1 aliphatic carbocycles.